The summed E-state index contributed by atoms with van der Waals surface area (Å²) in [6.07, 6.45) is -21.6. The third-order valence-electron chi connectivity index (χ3n) is 7.98. The van der Waals surface area contributed by atoms with Gasteiger partial charge < -0.3 is 84.6 Å². The number of aliphatic carboxylic acids is 2. The van der Waals surface area contributed by atoms with Crippen LogP contribution >= 0.6 is 0 Å². The standard InChI is InChI=1S/C30H32O20/c31-8-17-25(48-19(38)7-18(36)37)23(42)27(50-29-22(41)20(39)21(40)26(49-29)28(43)44)30(47-17)46-16-6-11-13(34)4-10(32)5-15(11)45-24(16)9-1-2-12(33)14(35)3-9/h1-6,17,20-27,29-35,39-42H,7-8H2,(H,36,37)(H,43,44)/p+1/t17-,20+,21-,22+,23-,24?,25+,26-,27+,29-,30+/m0/s1. The number of fused-ring (bicyclic) bond motifs is 1. The minimum Gasteiger partial charge on any atom is -0.571 e. The second-order valence-electron chi connectivity index (χ2n) is 11.4. The Morgan fingerprint density at radius 3 is 2.16 bits per heavy atom. The van der Waals surface area contributed by atoms with Crippen molar-refractivity contribution < 1.29 is 99.0 Å². The van der Waals surface area contributed by atoms with Crippen LogP contribution in [0.3, 0.4) is 0 Å². The van der Waals surface area contributed by atoms with Crippen LogP contribution in [0.1, 0.15) is 23.7 Å². The Bertz CT molecular complexity index is 1640. The van der Waals surface area contributed by atoms with E-state index in [9.17, 15) is 65.4 Å². The molecule has 272 valence electrons. The maximum Gasteiger partial charge on any atom is 0.335 e. The molecule has 2 aromatic rings. The lowest BCUT2D eigenvalue weighted by Gasteiger charge is -2.46. The number of aliphatic hydroxyl groups excluding tert-OH is 5. The van der Waals surface area contributed by atoms with Gasteiger partial charge in [0.2, 0.25) is 6.29 Å². The summed E-state index contributed by atoms with van der Waals surface area (Å²) in [6, 6.07) is 5.75. The third kappa shape index (κ3) is 7.32. The number of hydrogen-bond donors (Lipinski definition) is 11. The molecular formula is C30H33O20+. The lowest BCUT2D eigenvalue weighted by Crippen LogP contribution is -2.65. The molecule has 0 radical (unpaired) electrons. The molecule has 3 aliphatic rings. The predicted molar refractivity (Wildman–Crippen MR) is 156 cm³/mol. The van der Waals surface area contributed by atoms with Gasteiger partial charge in [0.15, 0.2) is 41.9 Å². The summed E-state index contributed by atoms with van der Waals surface area (Å²) in [5, 5.41) is 112. The number of ether oxygens (including phenoxy) is 6. The van der Waals surface area contributed by atoms with Gasteiger partial charge in [-0.15, -0.1) is 0 Å². The van der Waals surface area contributed by atoms with Gasteiger partial charge in [-0.2, -0.15) is 0 Å². The fourth-order valence-electron chi connectivity index (χ4n) is 5.53. The normalized spacial score (nSPS) is 32.2. The van der Waals surface area contributed by atoms with Gasteiger partial charge in [-0.1, -0.05) is 0 Å². The van der Waals surface area contributed by atoms with E-state index in [4.69, 9.17) is 28.8 Å². The lowest BCUT2D eigenvalue weighted by atomic mass is 9.96. The quantitative estimate of drug-likeness (QED) is 0.0529. The minimum atomic E-state index is -2.16. The van der Waals surface area contributed by atoms with Crippen LogP contribution in [-0.2, 0) is 38.1 Å². The second-order valence-corrected chi connectivity index (χ2v) is 11.4. The summed E-state index contributed by atoms with van der Waals surface area (Å²) >= 11 is 0. The van der Waals surface area contributed by atoms with Gasteiger partial charge in [-0.3, -0.25) is 9.59 Å². The molecule has 2 aromatic carbocycles. The Kier molecular flexibility index (Phi) is 10.5. The van der Waals surface area contributed by atoms with Crippen LogP contribution in [0.15, 0.2) is 36.1 Å². The van der Waals surface area contributed by atoms with E-state index in [1.807, 2.05) is 0 Å². The molecule has 0 spiro atoms. The number of rotatable bonds is 10. The summed E-state index contributed by atoms with van der Waals surface area (Å²) in [5.74, 6) is -6.86. The minimum absolute atomic E-state index is 0.00231. The Morgan fingerprint density at radius 1 is 0.800 bits per heavy atom. The highest BCUT2D eigenvalue weighted by Gasteiger charge is 2.54. The zero-order chi connectivity index (χ0) is 36.6. The smallest absolute Gasteiger partial charge is 0.335 e. The van der Waals surface area contributed by atoms with Gasteiger partial charge in [-0.05, 0) is 18.2 Å². The first kappa shape index (κ1) is 36.4. The van der Waals surface area contributed by atoms with Crippen LogP contribution < -0.4 is 0 Å². The maximum absolute atomic E-state index is 12.3. The van der Waals surface area contributed by atoms with Crippen molar-refractivity contribution in [1.82, 2.24) is 0 Å². The topological polar surface area (TPSA) is 333 Å². The summed E-state index contributed by atoms with van der Waals surface area (Å²) in [7, 11) is 0. The number of aromatic hydroxyl groups is 5. The van der Waals surface area contributed by atoms with E-state index in [0.717, 1.165) is 18.2 Å². The van der Waals surface area contributed by atoms with Gasteiger partial charge in [0, 0.05) is 12.1 Å². The molecule has 12 N–H and O–H groups in total. The van der Waals surface area contributed by atoms with Gasteiger partial charge >= 0.3 is 17.9 Å². The fraction of sp³-hybridized carbons (Fsp3) is 0.433. The van der Waals surface area contributed by atoms with Crippen LogP contribution in [0.25, 0.3) is 6.08 Å². The number of hydrogen-bond acceptors (Lipinski definition) is 17. The summed E-state index contributed by atoms with van der Waals surface area (Å²) in [5.41, 5.74) is 0.151. The highest BCUT2D eigenvalue weighted by atomic mass is 16.8. The van der Waals surface area contributed by atoms with E-state index >= 15 is 0 Å². The molecule has 2 fully saturated rings. The molecule has 2 saturated heterocycles. The number of carboxylic acids is 2. The molecule has 50 heavy (non-hydrogen) atoms. The largest absolute Gasteiger partial charge is 0.571 e. The van der Waals surface area contributed by atoms with Crippen LogP contribution in [0.4, 0.5) is 0 Å². The summed E-state index contributed by atoms with van der Waals surface area (Å²) in [6.45, 7) is -0.981. The number of carbonyl (C=O) groups excluding carboxylic acids is 1. The first-order valence-electron chi connectivity index (χ1n) is 14.7. The van der Waals surface area contributed by atoms with Gasteiger partial charge in [0.1, 0.15) is 54.0 Å². The molecule has 11 atom stereocenters. The first-order chi connectivity index (χ1) is 23.6. The monoisotopic (exact) mass is 713 g/mol. The van der Waals surface area contributed by atoms with E-state index < -0.39 is 116 Å². The fourth-order valence-corrected chi connectivity index (χ4v) is 5.53. The van der Waals surface area contributed by atoms with Gasteiger partial charge in [0.25, 0.3) is 11.9 Å². The molecule has 20 nitrogen and oxygen atoms in total. The lowest BCUT2D eigenvalue weighted by molar-refractivity contribution is -0.361. The number of benzene rings is 2. The molecule has 0 bridgehead atoms. The number of phenols is 4. The molecule has 0 amide bonds. The molecule has 20 heteroatoms. The first-order valence-corrected chi connectivity index (χ1v) is 14.7. The second kappa shape index (κ2) is 14.5. The molecule has 3 aliphatic heterocycles. The Hall–Kier alpha value is -4.93. The Labute approximate surface area is 279 Å². The molecule has 1 unspecified atom stereocenters. The van der Waals surface area contributed by atoms with Crippen LogP contribution in [0.5, 0.6) is 28.7 Å². The van der Waals surface area contributed by atoms with Crippen molar-refractivity contribution in [2.45, 2.75) is 73.9 Å². The highest BCUT2D eigenvalue weighted by molar-refractivity contribution is 5.90. The molecule has 0 saturated carbocycles. The van der Waals surface area contributed by atoms with Crippen LogP contribution in [0, 0.1) is 0 Å². The molecule has 0 aromatic heterocycles. The van der Waals surface area contributed by atoms with Crippen molar-refractivity contribution in [3.63, 3.8) is 0 Å². The number of carboxylic acid groups (broad SMARTS) is 2. The Balaban J connectivity index is 1.56. The number of aliphatic hydroxyl groups is 6. The zero-order valence-electron chi connectivity index (χ0n) is 25.4. The van der Waals surface area contributed by atoms with Gasteiger partial charge in [0.05, 0.1) is 18.2 Å². The van der Waals surface area contributed by atoms with E-state index in [1.165, 1.54) is 18.2 Å². The number of esters is 1. The molecular weight excluding hydrogens is 680 g/mol. The van der Waals surface area contributed by atoms with Crippen molar-refractivity contribution in [3.8, 4) is 28.7 Å². The zero-order valence-corrected chi connectivity index (χ0v) is 25.4. The predicted octanol–water partition coefficient (Wildman–Crippen LogP) is -2.40. The van der Waals surface area contributed by atoms with Crippen molar-refractivity contribution in [2.24, 2.45) is 0 Å². The average molecular weight is 714 g/mol. The van der Waals surface area contributed by atoms with Crippen LogP contribution in [-0.4, -0.2) is 147 Å². The van der Waals surface area contributed by atoms with Crippen molar-refractivity contribution in [1.29, 1.82) is 0 Å². The third-order valence-corrected chi connectivity index (χ3v) is 7.98. The number of carbonyl (C=O) groups is 3. The van der Waals surface area contributed by atoms with E-state index in [-0.39, 0.29) is 28.4 Å². The van der Waals surface area contributed by atoms with Crippen molar-refractivity contribution in [2.75, 3.05) is 6.61 Å². The summed E-state index contributed by atoms with van der Waals surface area (Å²) < 4.78 is 32.2. The number of phenolic OH excluding ortho intramolecular Hbond substituents is 4. The SMILES string of the molecule is O=C(O)CC(=O)O[C@H]1[C@H](O)[C@@H](O[C@@H]2O[C@H](C(=O)O)[C@@H](O)[C@@H](O)[C@H]2O)[C@H](OC2=Cc3c(O)cc(O)cc3[OH+]C2c2ccc(O)c(O)c2)O[C@H]1CO. The summed E-state index contributed by atoms with van der Waals surface area (Å²) in [4.78, 5) is 35.1. The molecule has 3 heterocycles. The van der Waals surface area contributed by atoms with Crippen molar-refractivity contribution in [3.05, 3.63) is 47.2 Å². The Morgan fingerprint density at radius 2 is 1.52 bits per heavy atom. The van der Waals surface area contributed by atoms with E-state index in [1.54, 1.807) is 0 Å². The average Bonchev–Trinajstić information content (AvgIpc) is 3.04. The van der Waals surface area contributed by atoms with Crippen LogP contribution in [0.2, 0.25) is 0 Å². The highest BCUT2D eigenvalue weighted by Crippen LogP contribution is 2.46. The van der Waals surface area contributed by atoms with Gasteiger partial charge in [-0.25, -0.2) is 4.79 Å². The molecule has 0 aliphatic carbocycles. The maximum atomic E-state index is 12.3. The molecule has 5 rings (SSSR count). The van der Waals surface area contributed by atoms with E-state index in [2.05, 4.69) is 4.74 Å². The van der Waals surface area contributed by atoms with E-state index in [0.29, 0.717) is 0 Å². The van der Waals surface area contributed by atoms with Crippen molar-refractivity contribution >= 4 is 24.0 Å².